The van der Waals surface area contributed by atoms with E-state index in [0.29, 0.717) is 23.3 Å². The number of aromatic nitrogens is 4. The molecule has 0 unspecified atom stereocenters. The van der Waals surface area contributed by atoms with Crippen molar-refractivity contribution in [3.05, 3.63) is 47.0 Å². The fourth-order valence-electron chi connectivity index (χ4n) is 3.44. The third kappa shape index (κ3) is 3.46. The molecule has 0 bridgehead atoms. The molecule has 26 heavy (non-hydrogen) atoms. The van der Waals surface area contributed by atoms with Crippen LogP contribution in [0.25, 0.3) is 5.65 Å². The first-order chi connectivity index (χ1) is 12.6. The Labute approximate surface area is 157 Å². The van der Waals surface area contributed by atoms with Gasteiger partial charge in [0.05, 0.1) is 12.3 Å². The monoisotopic (exact) mass is 371 g/mol. The summed E-state index contributed by atoms with van der Waals surface area (Å²) in [5.74, 6) is 2.35. The van der Waals surface area contributed by atoms with E-state index in [1.807, 2.05) is 30.5 Å². The lowest BCUT2D eigenvalue weighted by Crippen LogP contribution is -2.36. The molecular formula is C19H22ClN5O. The van der Waals surface area contributed by atoms with Crippen molar-refractivity contribution in [2.24, 2.45) is 5.92 Å². The molecule has 0 aliphatic carbocycles. The first-order valence-electron chi connectivity index (χ1n) is 8.91. The van der Waals surface area contributed by atoms with Crippen LogP contribution in [0.3, 0.4) is 0 Å². The second-order valence-corrected chi connectivity index (χ2v) is 7.27. The van der Waals surface area contributed by atoms with Gasteiger partial charge < -0.3 is 9.64 Å². The Kier molecular flexibility index (Phi) is 4.68. The Hall–Kier alpha value is -2.34. The van der Waals surface area contributed by atoms with Gasteiger partial charge in [-0.25, -0.2) is 4.98 Å². The highest BCUT2D eigenvalue weighted by Gasteiger charge is 2.22. The van der Waals surface area contributed by atoms with E-state index in [2.05, 4.69) is 26.0 Å². The van der Waals surface area contributed by atoms with Gasteiger partial charge in [-0.05, 0) is 32.6 Å². The molecule has 0 saturated carbocycles. The summed E-state index contributed by atoms with van der Waals surface area (Å²) in [4.78, 5) is 11.0. The number of pyridine rings is 1. The molecule has 0 spiro atoms. The van der Waals surface area contributed by atoms with Crippen LogP contribution in [0.5, 0.6) is 5.75 Å². The van der Waals surface area contributed by atoms with Crippen molar-refractivity contribution >= 4 is 23.1 Å². The van der Waals surface area contributed by atoms with Gasteiger partial charge in [-0.2, -0.15) is 9.61 Å². The molecule has 0 amide bonds. The molecule has 3 aromatic rings. The lowest BCUT2D eigenvalue weighted by molar-refractivity contribution is 0.222. The smallest absolute Gasteiger partial charge is 0.157 e. The summed E-state index contributed by atoms with van der Waals surface area (Å²) < 4.78 is 7.85. The number of nitrogens with zero attached hydrogens (tertiary/aromatic N) is 5. The molecule has 1 saturated heterocycles. The maximum absolute atomic E-state index is 6.11. The first-order valence-corrected chi connectivity index (χ1v) is 9.29. The Balaban J connectivity index is 1.42. The van der Waals surface area contributed by atoms with Crippen LogP contribution in [-0.4, -0.2) is 39.3 Å². The highest BCUT2D eigenvalue weighted by atomic mass is 35.5. The van der Waals surface area contributed by atoms with Crippen LogP contribution >= 0.6 is 11.6 Å². The van der Waals surface area contributed by atoms with Crippen LogP contribution < -0.4 is 9.64 Å². The Bertz CT molecular complexity index is 917. The van der Waals surface area contributed by atoms with E-state index in [-0.39, 0.29) is 0 Å². The quantitative estimate of drug-likeness (QED) is 0.700. The molecule has 4 rings (SSSR count). The van der Waals surface area contributed by atoms with Gasteiger partial charge >= 0.3 is 0 Å². The zero-order valence-electron chi connectivity index (χ0n) is 15.0. The maximum Gasteiger partial charge on any atom is 0.157 e. The van der Waals surface area contributed by atoms with E-state index in [9.17, 15) is 0 Å². The molecule has 4 heterocycles. The van der Waals surface area contributed by atoms with Gasteiger partial charge in [-0.15, -0.1) is 0 Å². The number of piperidine rings is 1. The second kappa shape index (κ2) is 7.11. The van der Waals surface area contributed by atoms with Gasteiger partial charge in [0, 0.05) is 49.4 Å². The molecule has 0 radical (unpaired) electrons. The Morgan fingerprint density at radius 3 is 2.77 bits per heavy atom. The van der Waals surface area contributed by atoms with Crippen LogP contribution in [-0.2, 0) is 0 Å². The minimum absolute atomic E-state index is 0.522. The maximum atomic E-state index is 6.11. The molecular weight excluding hydrogens is 350 g/mol. The fraction of sp³-hybridized carbons (Fsp3) is 0.421. The zero-order chi connectivity index (χ0) is 18.1. The Morgan fingerprint density at radius 2 is 2.00 bits per heavy atom. The third-order valence-corrected chi connectivity index (χ3v) is 5.09. The number of hydrogen-bond acceptors (Lipinski definition) is 5. The van der Waals surface area contributed by atoms with Crippen LogP contribution in [0, 0.1) is 19.8 Å². The lowest BCUT2D eigenvalue weighted by Gasteiger charge is -2.33. The van der Waals surface area contributed by atoms with Crippen LogP contribution in [0.2, 0.25) is 5.02 Å². The molecule has 1 fully saturated rings. The van der Waals surface area contributed by atoms with Gasteiger partial charge in [-0.3, -0.25) is 4.98 Å². The fourth-order valence-corrected chi connectivity index (χ4v) is 3.61. The number of halogens is 1. The summed E-state index contributed by atoms with van der Waals surface area (Å²) in [7, 11) is 0. The number of anilines is 1. The Morgan fingerprint density at radius 1 is 1.19 bits per heavy atom. The summed E-state index contributed by atoms with van der Waals surface area (Å²) in [6, 6.07) is 5.95. The number of fused-ring (bicyclic) bond motifs is 1. The van der Waals surface area contributed by atoms with Gasteiger partial charge in [-0.1, -0.05) is 11.6 Å². The summed E-state index contributed by atoms with van der Waals surface area (Å²) in [6.07, 6.45) is 5.47. The first kappa shape index (κ1) is 17.1. The van der Waals surface area contributed by atoms with Crippen molar-refractivity contribution in [3.8, 4) is 5.75 Å². The zero-order valence-corrected chi connectivity index (χ0v) is 15.8. The summed E-state index contributed by atoms with van der Waals surface area (Å²) in [5.41, 5.74) is 2.92. The lowest BCUT2D eigenvalue weighted by atomic mass is 9.98. The SMILES string of the molecule is Cc1cc(N2CCC(COc3ccncc3Cl)CC2)n2nc(C)cc2n1. The predicted octanol–water partition coefficient (Wildman–Crippen LogP) is 3.69. The average Bonchev–Trinajstić information content (AvgIpc) is 3.01. The largest absolute Gasteiger partial charge is 0.492 e. The van der Waals surface area contributed by atoms with E-state index in [1.165, 1.54) is 0 Å². The molecule has 7 heteroatoms. The number of rotatable bonds is 4. The standard InChI is InChI=1S/C19H22ClN5O/c1-13-10-19(25-18(22-13)9-14(2)23-25)24-7-4-15(5-8-24)12-26-17-3-6-21-11-16(17)20/h3,6,9-11,15H,4-5,7-8,12H2,1-2H3. The van der Waals surface area contributed by atoms with E-state index in [1.54, 1.807) is 12.4 Å². The van der Waals surface area contributed by atoms with E-state index >= 15 is 0 Å². The summed E-state index contributed by atoms with van der Waals surface area (Å²) in [5, 5.41) is 5.16. The summed E-state index contributed by atoms with van der Waals surface area (Å²) >= 11 is 6.11. The minimum atomic E-state index is 0.522. The van der Waals surface area contributed by atoms with Gasteiger partial charge in [0.25, 0.3) is 0 Å². The van der Waals surface area contributed by atoms with E-state index in [4.69, 9.17) is 16.3 Å². The predicted molar refractivity (Wildman–Crippen MR) is 102 cm³/mol. The number of hydrogen-bond donors (Lipinski definition) is 0. The molecule has 0 N–H and O–H groups in total. The van der Waals surface area contributed by atoms with Crippen molar-refractivity contribution in [3.63, 3.8) is 0 Å². The molecule has 0 aromatic carbocycles. The number of aryl methyl sites for hydroxylation is 2. The minimum Gasteiger partial charge on any atom is -0.492 e. The van der Waals surface area contributed by atoms with Crippen molar-refractivity contribution in [2.75, 3.05) is 24.6 Å². The van der Waals surface area contributed by atoms with E-state index < -0.39 is 0 Å². The topological polar surface area (TPSA) is 55.5 Å². The van der Waals surface area contributed by atoms with Crippen molar-refractivity contribution in [1.82, 2.24) is 19.6 Å². The molecule has 3 aromatic heterocycles. The number of ether oxygens (including phenoxy) is 1. The van der Waals surface area contributed by atoms with E-state index in [0.717, 1.165) is 48.8 Å². The average molecular weight is 372 g/mol. The van der Waals surface area contributed by atoms with Gasteiger partial charge in [0.2, 0.25) is 0 Å². The molecule has 6 nitrogen and oxygen atoms in total. The van der Waals surface area contributed by atoms with Crippen molar-refractivity contribution < 1.29 is 4.74 Å². The van der Waals surface area contributed by atoms with Crippen LogP contribution in [0.15, 0.2) is 30.6 Å². The normalized spacial score (nSPS) is 15.6. The highest BCUT2D eigenvalue weighted by molar-refractivity contribution is 6.31. The van der Waals surface area contributed by atoms with Gasteiger partial charge in [0.15, 0.2) is 5.65 Å². The summed E-state index contributed by atoms with van der Waals surface area (Å²) in [6.45, 7) is 6.68. The molecule has 1 aliphatic rings. The van der Waals surface area contributed by atoms with Crippen molar-refractivity contribution in [2.45, 2.75) is 26.7 Å². The van der Waals surface area contributed by atoms with Crippen LogP contribution in [0.1, 0.15) is 24.2 Å². The van der Waals surface area contributed by atoms with Crippen LogP contribution in [0.4, 0.5) is 5.82 Å². The highest BCUT2D eigenvalue weighted by Crippen LogP contribution is 2.27. The second-order valence-electron chi connectivity index (χ2n) is 6.86. The third-order valence-electron chi connectivity index (χ3n) is 4.81. The molecule has 0 atom stereocenters. The molecule has 1 aliphatic heterocycles. The van der Waals surface area contributed by atoms with Crippen molar-refractivity contribution in [1.29, 1.82) is 0 Å². The molecule has 136 valence electrons. The van der Waals surface area contributed by atoms with Gasteiger partial charge in [0.1, 0.15) is 16.6 Å².